The van der Waals surface area contributed by atoms with E-state index in [4.69, 9.17) is 18.9 Å². The molecule has 1 aliphatic carbocycles. The number of rotatable bonds is 1. The molecule has 7 aliphatic rings. The van der Waals surface area contributed by atoms with E-state index in [0.717, 1.165) is 6.92 Å². The fraction of sp³-hybridized carbons (Fsp3) is 0.487. The van der Waals surface area contributed by atoms with Crippen LogP contribution in [0.15, 0.2) is 52.5 Å². The summed E-state index contributed by atoms with van der Waals surface area (Å²) in [6.07, 6.45) is -1.21. The van der Waals surface area contributed by atoms with Crippen molar-refractivity contribution >= 4 is 34.9 Å². The monoisotopic (exact) mass is 753 g/mol. The number of phenols is 1. The Morgan fingerprint density at radius 1 is 0.907 bits per heavy atom. The van der Waals surface area contributed by atoms with Crippen molar-refractivity contribution in [3.8, 4) is 11.5 Å². The number of nitrogens with one attached hydrogen (secondary N) is 1. The van der Waals surface area contributed by atoms with Crippen molar-refractivity contribution in [1.29, 1.82) is 0 Å². The minimum Gasteiger partial charge on any atom is -0.505 e. The van der Waals surface area contributed by atoms with Crippen molar-refractivity contribution in [1.82, 2.24) is 0 Å². The van der Waals surface area contributed by atoms with Crippen molar-refractivity contribution in [3.63, 3.8) is 0 Å². The number of benzene rings is 1. The van der Waals surface area contributed by atoms with Crippen LogP contribution in [0.3, 0.4) is 0 Å². The number of aliphatic hydroxyl groups excluding tert-OH is 3. The van der Waals surface area contributed by atoms with Crippen molar-refractivity contribution in [2.75, 3.05) is 12.1 Å². The maximum atomic E-state index is 13.9. The van der Waals surface area contributed by atoms with E-state index in [9.17, 15) is 49.8 Å². The van der Waals surface area contributed by atoms with Crippen LogP contribution in [0.2, 0.25) is 0 Å². The summed E-state index contributed by atoms with van der Waals surface area (Å²) >= 11 is 0. The quantitative estimate of drug-likeness (QED) is 0.124. The predicted molar refractivity (Wildman–Crippen MR) is 191 cm³/mol. The normalized spacial score (nSPS) is 33.4. The summed E-state index contributed by atoms with van der Waals surface area (Å²) in [6.45, 7) is 12.1. The zero-order valence-electron chi connectivity index (χ0n) is 31.5. The molecule has 15 heteroatoms. The second-order valence-corrected chi connectivity index (χ2v) is 14.9. The van der Waals surface area contributed by atoms with E-state index in [2.05, 4.69) is 5.32 Å². The molecule has 0 saturated carbocycles. The highest BCUT2D eigenvalue weighted by Gasteiger charge is 2.53. The molecule has 9 atom stereocenters. The first kappa shape index (κ1) is 40.4. The summed E-state index contributed by atoms with van der Waals surface area (Å²) in [7, 11) is 0. The van der Waals surface area contributed by atoms with Gasteiger partial charge in [-0.25, -0.2) is 0 Å². The van der Waals surface area contributed by atoms with E-state index in [1.165, 1.54) is 79.7 Å². The number of allylic oxidation sites excluding steroid dienone is 5. The lowest BCUT2D eigenvalue weighted by Gasteiger charge is -2.45. The molecule has 1 fully saturated rings. The lowest BCUT2D eigenvalue weighted by Crippen LogP contribution is -2.60. The zero-order valence-corrected chi connectivity index (χ0v) is 31.5. The fourth-order valence-electron chi connectivity index (χ4n) is 7.59. The van der Waals surface area contributed by atoms with Gasteiger partial charge in [0.25, 0.3) is 5.91 Å². The number of ketones is 1. The van der Waals surface area contributed by atoms with E-state index in [1.807, 2.05) is 0 Å². The van der Waals surface area contributed by atoms with Gasteiger partial charge in [0.2, 0.25) is 6.79 Å². The Balaban J connectivity index is 1.80. The minimum absolute atomic E-state index is 0.0103. The summed E-state index contributed by atoms with van der Waals surface area (Å²) in [6, 6.07) is 0. The molecule has 54 heavy (non-hydrogen) atoms. The first-order chi connectivity index (χ1) is 25.0. The van der Waals surface area contributed by atoms with E-state index >= 15 is 0 Å². The lowest BCUT2D eigenvalue weighted by atomic mass is 9.73. The third-order valence-corrected chi connectivity index (χ3v) is 10.7. The zero-order chi connectivity index (χ0) is 40.4. The van der Waals surface area contributed by atoms with Crippen LogP contribution < -0.4 is 10.1 Å². The number of aliphatic hydroxyl groups is 5. The number of aromatic hydroxyl groups is 1. The number of esters is 2. The van der Waals surface area contributed by atoms with Gasteiger partial charge < -0.3 is 54.9 Å². The molecule has 292 valence electrons. The Morgan fingerprint density at radius 2 is 1.52 bits per heavy atom. The molecule has 15 nitrogen and oxygen atoms in total. The molecule has 1 aromatic carbocycles. The molecule has 0 radical (unpaired) electrons. The van der Waals surface area contributed by atoms with Crippen LogP contribution in [0.25, 0.3) is 5.57 Å². The van der Waals surface area contributed by atoms with Gasteiger partial charge in [-0.15, -0.1) is 0 Å². The number of carbonyl (C=O) groups excluding carboxylic acids is 4. The molecule has 1 amide bonds. The van der Waals surface area contributed by atoms with Crippen LogP contribution in [0, 0.1) is 24.7 Å². The number of hydrogen-bond acceptors (Lipinski definition) is 14. The highest BCUT2D eigenvalue weighted by molar-refractivity contribution is 6.21. The minimum atomic E-state index is -2.15. The van der Waals surface area contributed by atoms with Gasteiger partial charge >= 0.3 is 11.9 Å². The van der Waals surface area contributed by atoms with E-state index in [1.54, 1.807) is 0 Å². The van der Waals surface area contributed by atoms with Gasteiger partial charge in [-0.2, -0.15) is 0 Å². The van der Waals surface area contributed by atoms with Gasteiger partial charge in [0.05, 0.1) is 35.1 Å². The van der Waals surface area contributed by atoms with E-state index in [-0.39, 0.29) is 61.9 Å². The van der Waals surface area contributed by atoms with Crippen LogP contribution in [-0.4, -0.2) is 96.7 Å². The highest BCUT2D eigenvalue weighted by Crippen LogP contribution is 2.53. The van der Waals surface area contributed by atoms with Gasteiger partial charge in [-0.05, 0) is 59.3 Å². The average molecular weight is 754 g/mol. The Morgan fingerprint density at radius 3 is 2.15 bits per heavy atom. The number of carbonyl (C=O) groups is 4. The summed E-state index contributed by atoms with van der Waals surface area (Å²) in [5, 5.41) is 71.6. The van der Waals surface area contributed by atoms with E-state index < -0.39 is 89.5 Å². The second kappa shape index (κ2) is 14.5. The number of anilines is 1. The number of Topliss-reactive ketones (excluding diaryl/α,β-unsaturated/α-hetero) is 1. The summed E-state index contributed by atoms with van der Waals surface area (Å²) in [5.74, 6) is -7.85. The number of ether oxygens (including phenoxy) is 4. The third kappa shape index (κ3) is 6.86. The predicted octanol–water partition coefficient (Wildman–Crippen LogP) is 2.61. The lowest BCUT2D eigenvalue weighted by molar-refractivity contribution is -0.211. The van der Waals surface area contributed by atoms with Gasteiger partial charge in [0.15, 0.2) is 11.5 Å². The average Bonchev–Trinajstić information content (AvgIpc) is 3.09. The first-order valence-corrected chi connectivity index (χ1v) is 17.4. The van der Waals surface area contributed by atoms with Crippen LogP contribution >= 0.6 is 0 Å². The summed E-state index contributed by atoms with van der Waals surface area (Å²) in [4.78, 5) is 53.3. The van der Waals surface area contributed by atoms with Crippen LogP contribution in [0.1, 0.15) is 76.9 Å². The number of hydrogen-bond donors (Lipinski definition) is 7. The molecule has 0 aromatic heterocycles. The molecule has 8 rings (SSSR count). The molecular weight excluding hydrogens is 706 g/mol. The maximum absolute atomic E-state index is 13.9. The number of phenolic OH excluding ortho intramolecular Hbond substituents is 1. The molecule has 7 N–H and O–H groups in total. The van der Waals surface area contributed by atoms with E-state index in [0.29, 0.717) is 0 Å². The summed E-state index contributed by atoms with van der Waals surface area (Å²) in [5.41, 5.74) is -4.31. The molecule has 0 unspecified atom stereocenters. The summed E-state index contributed by atoms with van der Waals surface area (Å²) < 4.78 is 22.9. The van der Waals surface area contributed by atoms with Gasteiger partial charge in [-0.3, -0.25) is 19.2 Å². The molecule has 0 spiro atoms. The van der Waals surface area contributed by atoms with Gasteiger partial charge in [0.1, 0.15) is 40.5 Å². The van der Waals surface area contributed by atoms with Gasteiger partial charge in [-0.1, -0.05) is 26.0 Å². The number of amides is 1. The van der Waals surface area contributed by atoms with Gasteiger partial charge in [0, 0.05) is 41.0 Å². The van der Waals surface area contributed by atoms with Crippen LogP contribution in [-0.2, 0) is 28.6 Å². The standard InChI is InChI=1S/C39H47NO14/c1-15-11-10-12-38(8,49)35-20(6)29(44)25(37(48)54-35)28(43)19(5)34(46)39(9,50)13-16(2)31-24-22-23(27(42)18(4)32(24)52-14-51-31)30(45)26(40-36(15)47)17(3)33(22)53-21(7)41/h10-13,19-20,25,28-29,34-35,43-46,49-50H,14H2,1-9H3,(H,40,47)/t19-,20-,25-,28+,29-,34-,35+,38-,39+/m1/s1. The Kier molecular flexibility index (Phi) is 10.8. The van der Waals surface area contributed by atoms with Crippen molar-refractivity contribution in [3.05, 3.63) is 69.2 Å². The van der Waals surface area contributed by atoms with Crippen molar-refractivity contribution in [2.45, 2.75) is 97.9 Å². The Hall–Kier alpha value is -4.80. The van der Waals surface area contributed by atoms with Crippen molar-refractivity contribution < 1.29 is 68.8 Å². The molecule has 6 bridgehead atoms. The maximum Gasteiger partial charge on any atom is 0.314 e. The first-order valence-electron chi connectivity index (χ1n) is 17.4. The smallest absolute Gasteiger partial charge is 0.314 e. The highest BCUT2D eigenvalue weighted by atomic mass is 16.7. The molecular formula is C39H47NO14. The molecule has 6 aliphatic heterocycles. The Bertz CT molecular complexity index is 1960. The molecule has 1 saturated heterocycles. The van der Waals surface area contributed by atoms with Crippen LogP contribution in [0.4, 0.5) is 5.69 Å². The van der Waals surface area contributed by atoms with Crippen LogP contribution in [0.5, 0.6) is 11.5 Å². The molecule has 1 aromatic rings. The van der Waals surface area contributed by atoms with Crippen molar-refractivity contribution in [2.24, 2.45) is 17.8 Å². The third-order valence-electron chi connectivity index (χ3n) is 10.7. The SMILES string of the molecule is CC(=O)Oc1c(C)c2c(O)c3c1C1=C(OCOC1=C(C)C3=O)C(C)=C[C@](C)(O)[C@H](O)[C@H](C)[C@H](O)[C@H]1C(=O)O[C@@H]([C@H](C)[C@H]1O)[C@](C)(O)C=CC=C(C)C(=O)N2. The second-order valence-electron chi connectivity index (χ2n) is 14.9. The largest absolute Gasteiger partial charge is 0.505 e. The Labute approximate surface area is 311 Å². The molecule has 6 heterocycles. The topological polar surface area (TPSA) is 239 Å². The fourth-order valence-corrected chi connectivity index (χ4v) is 7.59.